The highest BCUT2D eigenvalue weighted by molar-refractivity contribution is 7.98. The first kappa shape index (κ1) is 15.5. The van der Waals surface area contributed by atoms with Gasteiger partial charge in [-0.25, -0.2) is 0 Å². The zero-order chi connectivity index (χ0) is 15.4. The Morgan fingerprint density at radius 3 is 2.43 bits per heavy atom. The molecule has 2 rings (SSSR count). The van der Waals surface area contributed by atoms with Crippen LogP contribution in [0.5, 0.6) is 0 Å². The topological polar surface area (TPSA) is 60.2 Å². The van der Waals surface area contributed by atoms with E-state index in [9.17, 15) is 14.9 Å². The molecule has 0 aliphatic heterocycles. The second kappa shape index (κ2) is 6.74. The van der Waals surface area contributed by atoms with Gasteiger partial charge in [0.15, 0.2) is 5.78 Å². The minimum Gasteiger partial charge on any atom is -0.295 e. The summed E-state index contributed by atoms with van der Waals surface area (Å²) in [4.78, 5) is 22.4. The zero-order valence-corrected chi connectivity index (χ0v) is 12.8. The predicted octanol–water partition coefficient (Wildman–Crippen LogP) is 4.74. The fraction of sp³-hybridized carbons (Fsp3) is 0.133. The average molecular weight is 322 g/mol. The smallest absolute Gasteiger partial charge is 0.270 e. The number of rotatable bonds is 5. The van der Waals surface area contributed by atoms with Gasteiger partial charge in [0, 0.05) is 28.3 Å². The van der Waals surface area contributed by atoms with Gasteiger partial charge in [-0.05, 0) is 30.7 Å². The van der Waals surface area contributed by atoms with E-state index in [-0.39, 0.29) is 11.5 Å². The molecule has 0 saturated heterocycles. The van der Waals surface area contributed by atoms with Crippen molar-refractivity contribution in [3.63, 3.8) is 0 Å². The number of hydrogen-bond acceptors (Lipinski definition) is 4. The first-order valence-electron chi connectivity index (χ1n) is 6.14. The fourth-order valence-corrected chi connectivity index (χ4v) is 2.94. The number of Topliss-reactive ketones (excluding diaryl/α,β-unsaturated/α-hetero) is 1. The molecular formula is C15H12ClNO3S. The summed E-state index contributed by atoms with van der Waals surface area (Å²) in [5.41, 5.74) is 1.50. The van der Waals surface area contributed by atoms with E-state index in [1.807, 2.05) is 12.1 Å². The largest absolute Gasteiger partial charge is 0.295 e. The van der Waals surface area contributed by atoms with Crippen molar-refractivity contribution >= 4 is 34.8 Å². The lowest BCUT2D eigenvalue weighted by atomic mass is 10.2. The van der Waals surface area contributed by atoms with Crippen molar-refractivity contribution in [2.24, 2.45) is 0 Å². The Labute approximate surface area is 131 Å². The first-order chi connectivity index (χ1) is 9.97. The number of thioether (sulfide) groups is 1. The van der Waals surface area contributed by atoms with Gasteiger partial charge < -0.3 is 0 Å². The molecule has 0 bridgehead atoms. The van der Waals surface area contributed by atoms with Crippen LogP contribution in [0.15, 0.2) is 47.4 Å². The molecule has 0 atom stereocenters. The third-order valence-electron chi connectivity index (χ3n) is 2.90. The molecule has 0 heterocycles. The number of nitro benzene ring substituents is 1. The second-order valence-electron chi connectivity index (χ2n) is 4.40. The van der Waals surface area contributed by atoms with Crippen LogP contribution >= 0.6 is 23.4 Å². The quantitative estimate of drug-likeness (QED) is 0.345. The van der Waals surface area contributed by atoms with Crippen LogP contribution in [0.2, 0.25) is 5.02 Å². The minimum absolute atomic E-state index is 0.0143. The summed E-state index contributed by atoms with van der Waals surface area (Å²) >= 11 is 7.60. The van der Waals surface area contributed by atoms with Crippen LogP contribution < -0.4 is 0 Å². The molecule has 21 heavy (non-hydrogen) atoms. The Balaban J connectivity index is 2.06. The van der Waals surface area contributed by atoms with Gasteiger partial charge in [0.05, 0.1) is 9.95 Å². The Kier molecular flexibility index (Phi) is 4.98. The molecule has 108 valence electrons. The summed E-state index contributed by atoms with van der Waals surface area (Å²) in [6.07, 6.45) is 0. The Morgan fingerprint density at radius 2 is 1.90 bits per heavy atom. The van der Waals surface area contributed by atoms with Crippen LogP contribution in [0.3, 0.4) is 0 Å². The molecule has 0 unspecified atom stereocenters. The summed E-state index contributed by atoms with van der Waals surface area (Å²) in [6, 6.07) is 11.8. The molecule has 0 saturated carbocycles. The van der Waals surface area contributed by atoms with E-state index < -0.39 is 4.92 Å². The maximum Gasteiger partial charge on any atom is 0.270 e. The second-order valence-corrected chi connectivity index (χ2v) is 5.86. The van der Waals surface area contributed by atoms with Crippen LogP contribution in [0.4, 0.5) is 5.69 Å². The van der Waals surface area contributed by atoms with E-state index in [4.69, 9.17) is 11.6 Å². The summed E-state index contributed by atoms with van der Waals surface area (Å²) in [5.74, 6) is 0.640. The summed E-state index contributed by atoms with van der Waals surface area (Å²) < 4.78 is 0. The summed E-state index contributed by atoms with van der Waals surface area (Å²) in [5, 5.41) is 11.0. The lowest BCUT2D eigenvalue weighted by Crippen LogP contribution is -1.91. The Bertz CT molecular complexity index is 686. The number of benzene rings is 2. The molecule has 0 aliphatic rings. The van der Waals surface area contributed by atoms with Crippen LogP contribution in [0, 0.1) is 10.1 Å². The van der Waals surface area contributed by atoms with Gasteiger partial charge in [0.2, 0.25) is 0 Å². The van der Waals surface area contributed by atoms with Gasteiger partial charge in [-0.3, -0.25) is 14.9 Å². The number of hydrogen-bond donors (Lipinski definition) is 0. The number of carbonyl (C=O) groups excluding carboxylic acids is 1. The van der Waals surface area contributed by atoms with Crippen LogP contribution in [0.25, 0.3) is 0 Å². The molecule has 6 heteroatoms. The number of nitro groups is 1. The van der Waals surface area contributed by atoms with Crippen molar-refractivity contribution in [2.75, 3.05) is 0 Å². The number of carbonyl (C=O) groups is 1. The van der Waals surface area contributed by atoms with E-state index in [0.29, 0.717) is 16.3 Å². The van der Waals surface area contributed by atoms with Crippen LogP contribution in [-0.4, -0.2) is 10.7 Å². The lowest BCUT2D eigenvalue weighted by Gasteiger charge is -2.05. The number of ketones is 1. The van der Waals surface area contributed by atoms with E-state index in [0.717, 1.165) is 10.5 Å². The van der Waals surface area contributed by atoms with Crippen molar-refractivity contribution in [1.29, 1.82) is 0 Å². The van der Waals surface area contributed by atoms with Gasteiger partial charge in [0.25, 0.3) is 5.69 Å². The molecule has 0 N–H and O–H groups in total. The molecule has 0 fully saturated rings. The number of halogens is 1. The number of non-ortho nitro benzene ring substituents is 1. The zero-order valence-electron chi connectivity index (χ0n) is 11.2. The molecule has 2 aromatic rings. The van der Waals surface area contributed by atoms with Crippen molar-refractivity contribution in [2.45, 2.75) is 17.6 Å². The van der Waals surface area contributed by atoms with E-state index in [1.165, 1.54) is 19.1 Å². The average Bonchev–Trinajstić information content (AvgIpc) is 2.46. The third kappa shape index (κ3) is 4.06. The predicted molar refractivity (Wildman–Crippen MR) is 84.1 cm³/mol. The Hall–Kier alpha value is -1.85. The third-order valence-corrected chi connectivity index (χ3v) is 4.32. The lowest BCUT2D eigenvalue weighted by molar-refractivity contribution is -0.384. The molecule has 0 aliphatic carbocycles. The molecule has 2 aromatic carbocycles. The highest BCUT2D eigenvalue weighted by Crippen LogP contribution is 2.29. The van der Waals surface area contributed by atoms with Gasteiger partial charge in [-0.2, -0.15) is 0 Å². The van der Waals surface area contributed by atoms with Gasteiger partial charge in [-0.15, -0.1) is 11.8 Å². The van der Waals surface area contributed by atoms with Gasteiger partial charge in [0.1, 0.15) is 0 Å². The highest BCUT2D eigenvalue weighted by atomic mass is 35.5. The van der Waals surface area contributed by atoms with Crippen molar-refractivity contribution in [3.05, 3.63) is 68.7 Å². The first-order valence-corrected chi connectivity index (χ1v) is 7.50. The molecule has 4 nitrogen and oxygen atoms in total. The SMILES string of the molecule is CC(=O)c1ccc(SCc2ccc([N+](=O)[O-])cc2Cl)cc1. The standard InChI is InChI=1S/C15H12ClNO3S/c1-10(18)11-3-6-14(7-4-11)21-9-12-2-5-13(17(19)20)8-15(12)16/h2-8H,9H2,1H3. The summed E-state index contributed by atoms with van der Waals surface area (Å²) in [7, 11) is 0. The molecule has 0 radical (unpaired) electrons. The minimum atomic E-state index is -0.469. The van der Waals surface area contributed by atoms with E-state index >= 15 is 0 Å². The van der Waals surface area contributed by atoms with Crippen molar-refractivity contribution in [1.82, 2.24) is 0 Å². The van der Waals surface area contributed by atoms with E-state index in [1.54, 1.807) is 30.0 Å². The van der Waals surface area contributed by atoms with Crippen molar-refractivity contribution in [3.8, 4) is 0 Å². The number of nitrogens with zero attached hydrogens (tertiary/aromatic N) is 1. The fourth-order valence-electron chi connectivity index (χ4n) is 1.71. The van der Waals surface area contributed by atoms with Crippen molar-refractivity contribution < 1.29 is 9.72 Å². The molecule has 0 aromatic heterocycles. The summed E-state index contributed by atoms with van der Waals surface area (Å²) in [6.45, 7) is 1.53. The normalized spacial score (nSPS) is 10.4. The maximum atomic E-state index is 11.2. The van der Waals surface area contributed by atoms with Crippen LogP contribution in [-0.2, 0) is 5.75 Å². The van der Waals surface area contributed by atoms with Crippen LogP contribution in [0.1, 0.15) is 22.8 Å². The maximum absolute atomic E-state index is 11.2. The molecule has 0 amide bonds. The van der Waals surface area contributed by atoms with Gasteiger partial charge in [-0.1, -0.05) is 23.7 Å². The van der Waals surface area contributed by atoms with E-state index in [2.05, 4.69) is 0 Å². The molecular weight excluding hydrogens is 310 g/mol. The Morgan fingerprint density at radius 1 is 1.24 bits per heavy atom. The van der Waals surface area contributed by atoms with Gasteiger partial charge >= 0.3 is 0 Å². The highest BCUT2D eigenvalue weighted by Gasteiger charge is 2.09. The monoisotopic (exact) mass is 321 g/mol. The molecule has 0 spiro atoms.